The van der Waals surface area contributed by atoms with E-state index in [1.807, 2.05) is 30.3 Å². The lowest BCUT2D eigenvalue weighted by Crippen LogP contribution is -2.18. The number of fused-ring (bicyclic) bond motifs is 1. The molecule has 0 bridgehead atoms. The fourth-order valence-corrected chi connectivity index (χ4v) is 3.20. The Bertz CT molecular complexity index is 1280. The van der Waals surface area contributed by atoms with Crippen LogP contribution in [-0.4, -0.2) is 39.7 Å². The van der Waals surface area contributed by atoms with Gasteiger partial charge in [-0.1, -0.05) is 30.3 Å². The second kappa shape index (κ2) is 8.70. The van der Waals surface area contributed by atoms with E-state index in [9.17, 15) is 9.59 Å². The van der Waals surface area contributed by atoms with Gasteiger partial charge in [0.1, 0.15) is 5.82 Å². The number of H-pyrrole nitrogens is 1. The van der Waals surface area contributed by atoms with Gasteiger partial charge in [-0.25, -0.2) is 0 Å². The highest BCUT2D eigenvalue weighted by molar-refractivity contribution is 6.04. The van der Waals surface area contributed by atoms with Gasteiger partial charge in [-0.3, -0.25) is 14.6 Å². The van der Waals surface area contributed by atoms with Crippen molar-refractivity contribution in [2.75, 3.05) is 19.5 Å². The Labute approximate surface area is 177 Å². The van der Waals surface area contributed by atoms with Crippen molar-refractivity contribution in [3.8, 4) is 11.5 Å². The summed E-state index contributed by atoms with van der Waals surface area (Å²) >= 11 is 0. The van der Waals surface area contributed by atoms with E-state index >= 15 is 0 Å². The molecule has 1 amide bonds. The highest BCUT2D eigenvalue weighted by atomic mass is 16.5. The summed E-state index contributed by atoms with van der Waals surface area (Å²) in [5.41, 5.74) is 1.12. The van der Waals surface area contributed by atoms with Crippen LogP contribution in [0.15, 0.2) is 59.4 Å². The third-order valence-corrected chi connectivity index (χ3v) is 4.75. The topological polar surface area (TPSA) is 111 Å². The molecule has 0 radical (unpaired) electrons. The predicted octanol–water partition coefficient (Wildman–Crippen LogP) is 2.47. The minimum atomic E-state index is -0.422. The highest BCUT2D eigenvalue weighted by Gasteiger charge is 2.15. The molecule has 158 valence electrons. The number of hydrogen-bond acceptors (Lipinski definition) is 6. The van der Waals surface area contributed by atoms with Crippen molar-refractivity contribution in [2.24, 2.45) is 0 Å². The maximum absolute atomic E-state index is 12.8. The number of hydrogen-bond donors (Lipinski definition) is 2. The smallest absolute Gasteiger partial charge is 0.256 e. The van der Waals surface area contributed by atoms with Gasteiger partial charge in [0, 0.05) is 18.1 Å². The first-order valence-electron chi connectivity index (χ1n) is 9.63. The van der Waals surface area contributed by atoms with Gasteiger partial charge in [0.15, 0.2) is 17.3 Å². The average molecular weight is 419 g/mol. The van der Waals surface area contributed by atoms with Crippen molar-refractivity contribution in [3.63, 3.8) is 0 Å². The van der Waals surface area contributed by atoms with E-state index in [-0.39, 0.29) is 11.6 Å². The molecule has 31 heavy (non-hydrogen) atoms. The number of nitrogens with one attached hydrogen (secondary N) is 2. The minimum Gasteiger partial charge on any atom is -0.493 e. The van der Waals surface area contributed by atoms with E-state index in [4.69, 9.17) is 9.47 Å². The van der Waals surface area contributed by atoms with Gasteiger partial charge in [-0.2, -0.15) is 9.50 Å². The van der Waals surface area contributed by atoms with Gasteiger partial charge in [0.05, 0.1) is 14.2 Å². The number of carbonyl (C=O) groups is 1. The molecule has 0 fully saturated rings. The molecular weight excluding hydrogens is 398 g/mol. The maximum Gasteiger partial charge on any atom is 0.256 e. The monoisotopic (exact) mass is 419 g/mol. The molecule has 2 heterocycles. The molecule has 0 saturated heterocycles. The molecule has 0 saturated carbocycles. The van der Waals surface area contributed by atoms with Crippen molar-refractivity contribution < 1.29 is 14.3 Å². The van der Waals surface area contributed by atoms with Crippen LogP contribution in [0.5, 0.6) is 11.5 Å². The zero-order valence-corrected chi connectivity index (χ0v) is 17.1. The fraction of sp³-hybridized carbons (Fsp3) is 0.182. The molecule has 2 aromatic heterocycles. The molecule has 9 nitrogen and oxygen atoms in total. The van der Waals surface area contributed by atoms with Crippen LogP contribution >= 0.6 is 0 Å². The van der Waals surface area contributed by atoms with Crippen LogP contribution in [0.4, 0.5) is 5.82 Å². The number of aromatic amines is 1. The molecule has 0 aliphatic heterocycles. The average Bonchev–Trinajstić information content (AvgIpc) is 3.20. The van der Waals surface area contributed by atoms with Crippen LogP contribution < -0.4 is 20.3 Å². The summed E-state index contributed by atoms with van der Waals surface area (Å²) in [6.07, 6.45) is 1.35. The van der Waals surface area contributed by atoms with Crippen LogP contribution in [0.1, 0.15) is 21.7 Å². The zero-order valence-electron chi connectivity index (χ0n) is 17.1. The van der Waals surface area contributed by atoms with Crippen molar-refractivity contribution in [2.45, 2.75) is 12.8 Å². The van der Waals surface area contributed by atoms with Gasteiger partial charge in [0.25, 0.3) is 11.5 Å². The maximum atomic E-state index is 12.8. The fourth-order valence-electron chi connectivity index (χ4n) is 3.20. The number of anilines is 1. The lowest BCUT2D eigenvalue weighted by atomic mass is 10.1. The molecule has 4 rings (SSSR count). The number of amides is 1. The highest BCUT2D eigenvalue weighted by Crippen LogP contribution is 2.27. The van der Waals surface area contributed by atoms with Crippen LogP contribution in [-0.2, 0) is 12.8 Å². The first kappa shape index (κ1) is 20.1. The first-order chi connectivity index (χ1) is 15.1. The van der Waals surface area contributed by atoms with Gasteiger partial charge in [-0.15, -0.1) is 5.10 Å². The second-order valence-electron chi connectivity index (χ2n) is 6.79. The Hall–Kier alpha value is -4.14. The van der Waals surface area contributed by atoms with Crippen molar-refractivity contribution in [3.05, 3.63) is 81.9 Å². The van der Waals surface area contributed by atoms with E-state index in [0.717, 1.165) is 12.0 Å². The molecule has 0 atom stereocenters. The summed E-state index contributed by atoms with van der Waals surface area (Å²) < 4.78 is 11.9. The summed E-state index contributed by atoms with van der Waals surface area (Å²) in [5.74, 6) is 1.56. The third kappa shape index (κ3) is 4.40. The molecule has 0 unspecified atom stereocenters. The van der Waals surface area contributed by atoms with Gasteiger partial charge in [0.2, 0.25) is 5.78 Å². The number of methoxy groups -OCH3 is 2. The molecular formula is C22H21N5O4. The third-order valence-electron chi connectivity index (χ3n) is 4.75. The molecule has 2 N–H and O–H groups in total. The molecule has 9 heteroatoms. The van der Waals surface area contributed by atoms with Gasteiger partial charge >= 0.3 is 0 Å². The Morgan fingerprint density at radius 3 is 2.55 bits per heavy atom. The summed E-state index contributed by atoms with van der Waals surface area (Å²) in [6, 6.07) is 16.1. The summed E-state index contributed by atoms with van der Waals surface area (Å²) in [7, 11) is 3.01. The number of rotatable bonds is 7. The van der Waals surface area contributed by atoms with E-state index in [1.165, 1.54) is 24.8 Å². The predicted molar refractivity (Wildman–Crippen MR) is 115 cm³/mol. The number of ether oxygens (including phenoxy) is 2. The summed E-state index contributed by atoms with van der Waals surface area (Å²) in [4.78, 5) is 31.9. The number of nitrogens with zero attached hydrogens (tertiary/aromatic N) is 3. The van der Waals surface area contributed by atoms with Crippen molar-refractivity contribution in [1.82, 2.24) is 19.6 Å². The van der Waals surface area contributed by atoms with Crippen LogP contribution in [0.3, 0.4) is 0 Å². The molecule has 4 aromatic rings. The van der Waals surface area contributed by atoms with Crippen LogP contribution in [0, 0.1) is 0 Å². The normalized spacial score (nSPS) is 10.8. The van der Waals surface area contributed by atoms with Crippen molar-refractivity contribution >= 4 is 17.5 Å². The SMILES string of the molecule is COc1ccc(C(=O)Nc2cc(=O)[nH]c3nc(CCc4ccccc4)nn23)cc1OC. The number of aromatic nitrogens is 4. The van der Waals surface area contributed by atoms with E-state index in [2.05, 4.69) is 20.4 Å². The standard InChI is InChI=1S/C22H21N5O4/c1-30-16-10-9-15(12-17(16)31-2)21(29)24-19-13-20(28)25-22-23-18(26-27(19)22)11-8-14-6-4-3-5-7-14/h3-7,9-10,12-13H,8,11H2,1-2H3,(H,24,29)(H,23,25,26,28). The van der Waals surface area contributed by atoms with Gasteiger partial charge in [-0.05, 0) is 30.2 Å². The van der Waals surface area contributed by atoms with Crippen molar-refractivity contribution in [1.29, 1.82) is 0 Å². The Morgan fingerprint density at radius 1 is 1.03 bits per heavy atom. The lowest BCUT2D eigenvalue weighted by molar-refractivity contribution is 0.102. The Morgan fingerprint density at radius 2 is 1.81 bits per heavy atom. The minimum absolute atomic E-state index is 0.219. The number of benzene rings is 2. The van der Waals surface area contributed by atoms with E-state index in [1.54, 1.807) is 18.2 Å². The summed E-state index contributed by atoms with van der Waals surface area (Å²) in [6.45, 7) is 0. The number of carbonyl (C=O) groups excluding carboxylic acids is 1. The van der Waals surface area contributed by atoms with Gasteiger partial charge < -0.3 is 14.8 Å². The van der Waals surface area contributed by atoms with E-state index < -0.39 is 11.5 Å². The molecule has 0 aliphatic rings. The Kier molecular flexibility index (Phi) is 5.65. The summed E-state index contributed by atoms with van der Waals surface area (Å²) in [5, 5.41) is 7.18. The van der Waals surface area contributed by atoms with E-state index in [0.29, 0.717) is 29.3 Å². The van der Waals surface area contributed by atoms with Crippen LogP contribution in [0.2, 0.25) is 0 Å². The number of aryl methyl sites for hydroxylation is 2. The molecule has 0 spiro atoms. The lowest BCUT2D eigenvalue weighted by Gasteiger charge is -2.10. The molecule has 2 aromatic carbocycles. The first-order valence-corrected chi connectivity index (χ1v) is 9.63. The largest absolute Gasteiger partial charge is 0.493 e. The Balaban J connectivity index is 1.59. The molecule has 0 aliphatic carbocycles. The quantitative estimate of drug-likeness (QED) is 0.476. The van der Waals surface area contributed by atoms with Crippen LogP contribution in [0.25, 0.3) is 5.78 Å². The second-order valence-corrected chi connectivity index (χ2v) is 6.79. The zero-order chi connectivity index (χ0) is 21.8.